The number of carbonyl (C=O) groups is 2. The molecule has 2 atom stereocenters. The summed E-state index contributed by atoms with van der Waals surface area (Å²) in [6.07, 6.45) is -2.39. The van der Waals surface area contributed by atoms with Crippen LogP contribution in [-0.4, -0.2) is 42.7 Å². The number of hydrogen-bond donors (Lipinski definition) is 1. The number of benzene rings is 1. The summed E-state index contributed by atoms with van der Waals surface area (Å²) in [6, 6.07) is 9.35. The highest BCUT2D eigenvalue weighted by Gasteiger charge is 2.46. The van der Waals surface area contributed by atoms with E-state index in [1.54, 1.807) is 27.7 Å². The van der Waals surface area contributed by atoms with Crippen molar-refractivity contribution in [3.8, 4) is 0 Å². The van der Waals surface area contributed by atoms with Crippen LogP contribution in [0.1, 0.15) is 33.3 Å². The van der Waals surface area contributed by atoms with Gasteiger partial charge in [-0.2, -0.15) is 0 Å². The Morgan fingerprint density at radius 2 is 1.88 bits per heavy atom. The lowest BCUT2D eigenvalue weighted by Gasteiger charge is -2.17. The van der Waals surface area contributed by atoms with Gasteiger partial charge in [0.1, 0.15) is 12.7 Å². The van der Waals surface area contributed by atoms with Gasteiger partial charge < -0.3 is 24.3 Å². The molecular weight excluding hydrogens is 326 g/mol. The molecule has 1 aliphatic heterocycles. The Balaban J connectivity index is 1.84. The van der Waals surface area contributed by atoms with Gasteiger partial charge in [-0.3, -0.25) is 0 Å². The summed E-state index contributed by atoms with van der Waals surface area (Å²) in [5, 5.41) is 2.60. The Labute approximate surface area is 147 Å². The summed E-state index contributed by atoms with van der Waals surface area (Å²) >= 11 is 0. The largest absolute Gasteiger partial charge is 0.461 e. The Bertz CT molecular complexity index is 586. The molecule has 1 heterocycles. The second kappa shape index (κ2) is 8.31. The maximum absolute atomic E-state index is 12.1. The van der Waals surface area contributed by atoms with E-state index in [0.717, 1.165) is 5.56 Å². The number of amides is 1. The first-order valence-corrected chi connectivity index (χ1v) is 8.27. The zero-order chi connectivity index (χ0) is 18.4. The highest BCUT2D eigenvalue weighted by Crippen LogP contribution is 2.28. The lowest BCUT2D eigenvalue weighted by Crippen LogP contribution is -2.42. The monoisotopic (exact) mass is 351 g/mol. The maximum Gasteiger partial charge on any atom is 0.407 e. The fraction of sp³-hybridized carbons (Fsp3) is 0.556. The van der Waals surface area contributed by atoms with Crippen LogP contribution in [0.4, 0.5) is 4.79 Å². The van der Waals surface area contributed by atoms with Gasteiger partial charge in [0, 0.05) is 0 Å². The van der Waals surface area contributed by atoms with E-state index in [0.29, 0.717) is 0 Å². The minimum atomic E-state index is -0.930. The molecule has 0 aliphatic carbocycles. The third-order valence-electron chi connectivity index (χ3n) is 3.43. The normalized spacial score (nSPS) is 21.8. The van der Waals surface area contributed by atoms with Gasteiger partial charge in [-0.25, -0.2) is 9.59 Å². The summed E-state index contributed by atoms with van der Waals surface area (Å²) in [6.45, 7) is 7.17. The molecule has 25 heavy (non-hydrogen) atoms. The van der Waals surface area contributed by atoms with Crippen molar-refractivity contribution in [3.05, 3.63) is 35.9 Å². The molecule has 0 bridgehead atoms. The predicted octanol–water partition coefficient (Wildman–Crippen LogP) is 2.38. The number of rotatable bonds is 6. The second-order valence-corrected chi connectivity index (χ2v) is 6.52. The molecule has 2 rings (SSSR count). The average molecular weight is 351 g/mol. The number of carbonyl (C=O) groups excluding carboxylic acids is 2. The Morgan fingerprint density at radius 3 is 2.52 bits per heavy atom. The third-order valence-corrected chi connectivity index (χ3v) is 3.43. The van der Waals surface area contributed by atoms with Crippen molar-refractivity contribution in [1.82, 2.24) is 5.32 Å². The van der Waals surface area contributed by atoms with Gasteiger partial charge in [0.2, 0.25) is 0 Å². The Kier molecular flexibility index (Phi) is 6.39. The van der Waals surface area contributed by atoms with Crippen LogP contribution in [0.15, 0.2) is 30.3 Å². The topological polar surface area (TPSA) is 83.1 Å². The van der Waals surface area contributed by atoms with Crippen molar-refractivity contribution in [2.45, 2.75) is 58.4 Å². The summed E-state index contributed by atoms with van der Waals surface area (Å²) in [4.78, 5) is 24.0. The maximum atomic E-state index is 12.1. The van der Waals surface area contributed by atoms with Crippen LogP contribution >= 0.6 is 0 Å². The van der Waals surface area contributed by atoms with Crippen molar-refractivity contribution in [1.29, 1.82) is 0 Å². The Morgan fingerprint density at radius 1 is 1.20 bits per heavy atom. The number of ether oxygens (including phenoxy) is 4. The molecule has 1 aliphatic rings. The average Bonchev–Trinajstić information content (AvgIpc) is 2.86. The van der Waals surface area contributed by atoms with E-state index in [-0.39, 0.29) is 19.3 Å². The van der Waals surface area contributed by atoms with Gasteiger partial charge in [-0.05, 0) is 33.3 Å². The molecule has 1 aromatic carbocycles. The smallest absolute Gasteiger partial charge is 0.407 e. The highest BCUT2D eigenvalue weighted by atomic mass is 16.8. The predicted molar refractivity (Wildman–Crippen MR) is 89.7 cm³/mol. The van der Waals surface area contributed by atoms with Crippen LogP contribution in [0.3, 0.4) is 0 Å². The molecule has 0 aromatic heterocycles. The fourth-order valence-corrected chi connectivity index (χ4v) is 2.44. The molecule has 0 radical (unpaired) electrons. The molecule has 0 spiro atoms. The van der Waals surface area contributed by atoms with Gasteiger partial charge in [-0.1, -0.05) is 30.3 Å². The molecule has 138 valence electrons. The zero-order valence-electron chi connectivity index (χ0n) is 15.0. The van der Waals surface area contributed by atoms with Crippen LogP contribution in [0.25, 0.3) is 0 Å². The molecule has 1 fully saturated rings. The van der Waals surface area contributed by atoms with E-state index >= 15 is 0 Å². The standard InChI is InChI=1S/C18H25NO6/c1-12(2)23-16(20)15-14(24-18(3,4)25-15)10-19-17(21)22-11-13-8-6-5-7-9-13/h5-9,12,14-15H,10-11H2,1-4H3,(H,19,21)/t14-,15+/m0/s1. The van der Waals surface area contributed by atoms with Gasteiger partial charge in [0.05, 0.1) is 12.6 Å². The molecule has 7 nitrogen and oxygen atoms in total. The van der Waals surface area contributed by atoms with Crippen LogP contribution in [0.5, 0.6) is 0 Å². The summed E-state index contributed by atoms with van der Waals surface area (Å²) < 4.78 is 21.6. The van der Waals surface area contributed by atoms with E-state index in [4.69, 9.17) is 18.9 Å². The molecule has 1 aromatic rings. The van der Waals surface area contributed by atoms with Gasteiger partial charge in [0.25, 0.3) is 0 Å². The van der Waals surface area contributed by atoms with Crippen molar-refractivity contribution in [2.75, 3.05) is 6.54 Å². The molecule has 7 heteroatoms. The molecule has 0 unspecified atom stereocenters. The van der Waals surface area contributed by atoms with Gasteiger partial charge in [0.15, 0.2) is 11.9 Å². The molecule has 0 saturated carbocycles. The van der Waals surface area contributed by atoms with E-state index < -0.39 is 30.1 Å². The third kappa shape index (κ3) is 6.03. The molecule has 1 saturated heterocycles. The van der Waals surface area contributed by atoms with E-state index in [1.165, 1.54) is 0 Å². The van der Waals surface area contributed by atoms with Crippen LogP contribution < -0.4 is 5.32 Å². The second-order valence-electron chi connectivity index (χ2n) is 6.52. The number of nitrogens with one attached hydrogen (secondary N) is 1. The lowest BCUT2D eigenvalue weighted by atomic mass is 10.2. The van der Waals surface area contributed by atoms with Crippen LogP contribution in [0, 0.1) is 0 Å². The summed E-state index contributed by atoms with van der Waals surface area (Å²) in [7, 11) is 0. The van der Waals surface area contributed by atoms with Crippen molar-refractivity contribution < 1.29 is 28.5 Å². The molecular formula is C18H25NO6. The number of hydrogen-bond acceptors (Lipinski definition) is 6. The minimum Gasteiger partial charge on any atom is -0.461 e. The van der Waals surface area contributed by atoms with Crippen molar-refractivity contribution in [3.63, 3.8) is 0 Å². The first-order valence-electron chi connectivity index (χ1n) is 8.27. The summed E-state index contributed by atoms with van der Waals surface area (Å²) in [5.74, 6) is -1.44. The highest BCUT2D eigenvalue weighted by molar-refractivity contribution is 5.76. The van der Waals surface area contributed by atoms with E-state index in [2.05, 4.69) is 5.32 Å². The van der Waals surface area contributed by atoms with Crippen LogP contribution in [-0.2, 0) is 30.3 Å². The summed E-state index contributed by atoms with van der Waals surface area (Å²) in [5.41, 5.74) is 0.887. The SMILES string of the molecule is CC(C)OC(=O)[C@@H]1OC(C)(C)O[C@H]1CNC(=O)OCc1ccccc1. The van der Waals surface area contributed by atoms with Crippen molar-refractivity contribution in [2.24, 2.45) is 0 Å². The zero-order valence-corrected chi connectivity index (χ0v) is 15.0. The number of esters is 1. The van der Waals surface area contributed by atoms with Gasteiger partial charge >= 0.3 is 12.1 Å². The van der Waals surface area contributed by atoms with E-state index in [9.17, 15) is 9.59 Å². The molecule has 1 N–H and O–H groups in total. The Hall–Kier alpha value is -2.12. The van der Waals surface area contributed by atoms with Gasteiger partial charge in [-0.15, -0.1) is 0 Å². The number of alkyl carbamates (subject to hydrolysis) is 1. The van der Waals surface area contributed by atoms with Crippen molar-refractivity contribution >= 4 is 12.1 Å². The van der Waals surface area contributed by atoms with Crippen LogP contribution in [0.2, 0.25) is 0 Å². The fourth-order valence-electron chi connectivity index (χ4n) is 2.44. The van der Waals surface area contributed by atoms with E-state index in [1.807, 2.05) is 30.3 Å². The first-order chi connectivity index (χ1) is 11.8. The first kappa shape index (κ1) is 19.2. The lowest BCUT2D eigenvalue weighted by molar-refractivity contribution is -0.173. The minimum absolute atomic E-state index is 0.0783. The quantitative estimate of drug-likeness (QED) is 0.793. The molecule has 1 amide bonds.